The molecule has 0 aliphatic rings. The van der Waals surface area contributed by atoms with E-state index in [0.717, 1.165) is 25.1 Å². The molecule has 0 saturated carbocycles. The molecule has 0 aliphatic carbocycles. The maximum Gasteiger partial charge on any atom is 0.0766 e. The lowest BCUT2D eigenvalue weighted by Crippen LogP contribution is -2.39. The molecule has 0 unspecified atom stereocenters. The Morgan fingerprint density at radius 2 is 1.90 bits per heavy atom. The van der Waals surface area contributed by atoms with Crippen molar-refractivity contribution in [3.05, 3.63) is 48.3 Å². The minimum absolute atomic E-state index is 0.588. The predicted molar refractivity (Wildman–Crippen MR) is 80.8 cm³/mol. The molecule has 1 heterocycles. The Morgan fingerprint density at radius 1 is 1.20 bits per heavy atom. The van der Waals surface area contributed by atoms with Crippen molar-refractivity contribution in [3.63, 3.8) is 0 Å². The van der Waals surface area contributed by atoms with Gasteiger partial charge in [-0.3, -0.25) is 0 Å². The Kier molecular flexibility index (Phi) is 4.93. The third-order valence-electron chi connectivity index (χ3n) is 3.80. The average molecular weight is 273 g/mol. The standard InChI is InChI=1S/C16H23N3O/c1-3-16(20,4-2)13-17-12-14-6-8-15(9-7-14)19-11-5-10-18-19/h5-11,17,20H,3-4,12-13H2,1-2H3. The molecule has 0 amide bonds. The summed E-state index contributed by atoms with van der Waals surface area (Å²) in [7, 11) is 0. The summed E-state index contributed by atoms with van der Waals surface area (Å²) in [6.07, 6.45) is 5.24. The van der Waals surface area contributed by atoms with E-state index in [2.05, 4.69) is 34.7 Å². The average Bonchev–Trinajstić information content (AvgIpc) is 3.02. The van der Waals surface area contributed by atoms with Crippen molar-refractivity contribution in [2.45, 2.75) is 38.8 Å². The molecule has 0 fully saturated rings. The third-order valence-corrected chi connectivity index (χ3v) is 3.80. The molecule has 2 N–H and O–H groups in total. The molecule has 4 nitrogen and oxygen atoms in total. The number of benzene rings is 1. The van der Waals surface area contributed by atoms with Crippen LogP contribution in [0.4, 0.5) is 0 Å². The van der Waals surface area contributed by atoms with E-state index < -0.39 is 5.60 Å². The summed E-state index contributed by atoms with van der Waals surface area (Å²) in [6, 6.07) is 10.2. The van der Waals surface area contributed by atoms with E-state index in [4.69, 9.17) is 0 Å². The van der Waals surface area contributed by atoms with Gasteiger partial charge in [0.05, 0.1) is 11.3 Å². The smallest absolute Gasteiger partial charge is 0.0766 e. The van der Waals surface area contributed by atoms with Crippen molar-refractivity contribution in [3.8, 4) is 5.69 Å². The van der Waals surface area contributed by atoms with Crippen LogP contribution in [-0.2, 0) is 6.54 Å². The molecule has 20 heavy (non-hydrogen) atoms. The van der Waals surface area contributed by atoms with Crippen LogP contribution in [0.1, 0.15) is 32.3 Å². The van der Waals surface area contributed by atoms with Crippen LogP contribution in [-0.4, -0.2) is 27.0 Å². The number of aliphatic hydroxyl groups is 1. The van der Waals surface area contributed by atoms with Gasteiger partial charge in [0.25, 0.3) is 0 Å². The minimum Gasteiger partial charge on any atom is -0.389 e. The van der Waals surface area contributed by atoms with Gasteiger partial charge in [-0.1, -0.05) is 26.0 Å². The lowest BCUT2D eigenvalue weighted by atomic mass is 9.97. The quantitative estimate of drug-likeness (QED) is 0.815. The molecule has 4 heteroatoms. The van der Waals surface area contributed by atoms with Gasteiger partial charge in [0.1, 0.15) is 0 Å². The second-order valence-electron chi connectivity index (χ2n) is 5.15. The fourth-order valence-electron chi connectivity index (χ4n) is 2.13. The number of hydrogen-bond donors (Lipinski definition) is 2. The maximum absolute atomic E-state index is 10.2. The molecule has 0 radical (unpaired) electrons. The Balaban J connectivity index is 1.88. The highest BCUT2D eigenvalue weighted by atomic mass is 16.3. The topological polar surface area (TPSA) is 50.1 Å². The first-order valence-corrected chi connectivity index (χ1v) is 7.19. The van der Waals surface area contributed by atoms with Crippen LogP contribution in [0.2, 0.25) is 0 Å². The van der Waals surface area contributed by atoms with Crippen molar-refractivity contribution in [1.29, 1.82) is 0 Å². The molecular weight excluding hydrogens is 250 g/mol. The van der Waals surface area contributed by atoms with Gasteiger partial charge in [0.15, 0.2) is 0 Å². The largest absolute Gasteiger partial charge is 0.389 e. The highest BCUT2D eigenvalue weighted by Crippen LogP contribution is 2.13. The van der Waals surface area contributed by atoms with Gasteiger partial charge in [-0.05, 0) is 36.6 Å². The Bertz CT molecular complexity index is 501. The van der Waals surface area contributed by atoms with Crippen molar-refractivity contribution in [1.82, 2.24) is 15.1 Å². The molecule has 1 aromatic carbocycles. The summed E-state index contributed by atoms with van der Waals surface area (Å²) in [5.41, 5.74) is 1.67. The third kappa shape index (κ3) is 3.68. The van der Waals surface area contributed by atoms with Gasteiger partial charge in [-0.15, -0.1) is 0 Å². The second kappa shape index (κ2) is 6.68. The van der Waals surface area contributed by atoms with Gasteiger partial charge in [-0.25, -0.2) is 4.68 Å². The molecule has 2 aromatic rings. The zero-order chi connectivity index (χ0) is 14.4. The summed E-state index contributed by atoms with van der Waals surface area (Å²) in [4.78, 5) is 0. The minimum atomic E-state index is -0.588. The van der Waals surface area contributed by atoms with E-state index in [1.807, 2.05) is 30.8 Å². The van der Waals surface area contributed by atoms with Crippen molar-refractivity contribution in [2.24, 2.45) is 0 Å². The fourth-order valence-corrected chi connectivity index (χ4v) is 2.13. The van der Waals surface area contributed by atoms with Gasteiger partial charge in [-0.2, -0.15) is 5.10 Å². The number of nitrogens with one attached hydrogen (secondary N) is 1. The van der Waals surface area contributed by atoms with Crippen LogP contribution in [0, 0.1) is 0 Å². The summed E-state index contributed by atoms with van der Waals surface area (Å²) >= 11 is 0. The number of aromatic nitrogens is 2. The summed E-state index contributed by atoms with van der Waals surface area (Å²) in [6.45, 7) is 5.43. The molecule has 0 saturated heterocycles. The van der Waals surface area contributed by atoms with Crippen LogP contribution in [0.5, 0.6) is 0 Å². The molecule has 0 aliphatic heterocycles. The highest BCUT2D eigenvalue weighted by Gasteiger charge is 2.20. The van der Waals surface area contributed by atoms with E-state index in [1.54, 1.807) is 6.20 Å². The first-order chi connectivity index (χ1) is 9.67. The van der Waals surface area contributed by atoms with Crippen LogP contribution in [0.25, 0.3) is 5.69 Å². The first kappa shape index (κ1) is 14.8. The Labute approximate surface area is 120 Å². The lowest BCUT2D eigenvalue weighted by Gasteiger charge is -2.25. The van der Waals surface area contributed by atoms with Crippen LogP contribution in [0.3, 0.4) is 0 Å². The highest BCUT2D eigenvalue weighted by molar-refractivity contribution is 5.33. The summed E-state index contributed by atoms with van der Waals surface area (Å²) in [5.74, 6) is 0. The van der Waals surface area contributed by atoms with E-state index in [9.17, 15) is 5.11 Å². The predicted octanol–water partition coefficient (Wildman–Crippen LogP) is 2.51. The fraction of sp³-hybridized carbons (Fsp3) is 0.438. The zero-order valence-electron chi connectivity index (χ0n) is 12.2. The van der Waals surface area contributed by atoms with E-state index in [0.29, 0.717) is 6.54 Å². The first-order valence-electron chi connectivity index (χ1n) is 7.19. The van der Waals surface area contributed by atoms with Crippen LogP contribution >= 0.6 is 0 Å². The molecule has 2 rings (SSSR count). The molecule has 1 aromatic heterocycles. The summed E-state index contributed by atoms with van der Waals surface area (Å²) < 4.78 is 1.84. The van der Waals surface area contributed by atoms with Crippen molar-refractivity contribution < 1.29 is 5.11 Å². The van der Waals surface area contributed by atoms with Crippen LogP contribution in [0.15, 0.2) is 42.7 Å². The van der Waals surface area contributed by atoms with E-state index in [-0.39, 0.29) is 0 Å². The lowest BCUT2D eigenvalue weighted by molar-refractivity contribution is 0.0323. The molecule has 0 atom stereocenters. The van der Waals surface area contributed by atoms with Gasteiger partial charge in [0, 0.05) is 25.5 Å². The Hall–Kier alpha value is -1.65. The maximum atomic E-state index is 10.2. The van der Waals surface area contributed by atoms with Crippen molar-refractivity contribution in [2.75, 3.05) is 6.54 Å². The Morgan fingerprint density at radius 3 is 2.45 bits per heavy atom. The molecular formula is C16H23N3O. The van der Waals surface area contributed by atoms with Crippen molar-refractivity contribution >= 4 is 0 Å². The van der Waals surface area contributed by atoms with E-state index in [1.165, 1.54) is 5.56 Å². The molecule has 0 bridgehead atoms. The van der Waals surface area contributed by atoms with Gasteiger partial charge < -0.3 is 10.4 Å². The van der Waals surface area contributed by atoms with Gasteiger partial charge in [0.2, 0.25) is 0 Å². The monoisotopic (exact) mass is 273 g/mol. The zero-order valence-corrected chi connectivity index (χ0v) is 12.2. The SMILES string of the molecule is CCC(O)(CC)CNCc1ccc(-n2cccn2)cc1. The van der Waals surface area contributed by atoms with Crippen LogP contribution < -0.4 is 5.32 Å². The number of nitrogens with zero attached hydrogens (tertiary/aromatic N) is 2. The second-order valence-corrected chi connectivity index (χ2v) is 5.15. The normalized spacial score (nSPS) is 11.8. The molecule has 108 valence electrons. The number of hydrogen-bond acceptors (Lipinski definition) is 3. The molecule has 0 spiro atoms. The van der Waals surface area contributed by atoms with E-state index >= 15 is 0 Å². The number of rotatable bonds is 7. The summed E-state index contributed by atoms with van der Waals surface area (Å²) in [5, 5.41) is 17.7. The van der Waals surface area contributed by atoms with Gasteiger partial charge >= 0.3 is 0 Å².